The number of ether oxygens (including phenoxy) is 1. The average molecular weight is 757 g/mol. The van der Waals surface area contributed by atoms with Gasteiger partial charge in [-0.15, -0.1) is 0 Å². The molecule has 0 aromatic carbocycles. The summed E-state index contributed by atoms with van der Waals surface area (Å²) in [6, 6.07) is -2.87. The van der Waals surface area contributed by atoms with E-state index >= 15 is 0 Å². The van der Waals surface area contributed by atoms with Gasteiger partial charge in [-0.2, -0.15) is 0 Å². The minimum Gasteiger partial charge on any atom is -0.444 e. The molecule has 1 aromatic rings. The van der Waals surface area contributed by atoms with Gasteiger partial charge in [-0.25, -0.2) is 9.78 Å². The van der Waals surface area contributed by atoms with Crippen molar-refractivity contribution in [2.75, 3.05) is 13.1 Å². The Morgan fingerprint density at radius 2 is 1.70 bits per heavy atom. The number of alkyl carbamates (subject to hydrolysis) is 1. The number of amides is 6. The number of nitrogens with zero attached hydrogens (tertiary/aromatic N) is 3. The number of aromatic nitrogens is 2. The van der Waals surface area contributed by atoms with E-state index in [0.717, 1.165) is 69.5 Å². The lowest BCUT2D eigenvalue weighted by Crippen LogP contribution is -2.61. The van der Waals surface area contributed by atoms with Crippen LogP contribution in [0, 0.1) is 17.8 Å². The zero-order valence-electron chi connectivity index (χ0n) is 31.4. The second-order valence-electron chi connectivity index (χ2n) is 15.8. The van der Waals surface area contributed by atoms with Crippen molar-refractivity contribution in [1.82, 2.24) is 41.5 Å². The van der Waals surface area contributed by atoms with Gasteiger partial charge in [0.25, 0.3) is 11.1 Å². The highest BCUT2D eigenvalue weighted by atomic mass is 32.2. The van der Waals surface area contributed by atoms with Crippen molar-refractivity contribution in [2.24, 2.45) is 17.8 Å². The van der Waals surface area contributed by atoms with E-state index in [2.05, 4.69) is 36.6 Å². The van der Waals surface area contributed by atoms with Gasteiger partial charge in [-0.3, -0.25) is 29.0 Å². The van der Waals surface area contributed by atoms with Crippen LogP contribution in [0.25, 0.3) is 0 Å². The van der Waals surface area contributed by atoms with Crippen molar-refractivity contribution >= 4 is 46.7 Å². The Balaban J connectivity index is 1.37. The molecule has 6 amide bonds. The van der Waals surface area contributed by atoms with Crippen LogP contribution < -0.4 is 26.6 Å². The lowest BCUT2D eigenvalue weighted by Gasteiger charge is -2.34. The van der Waals surface area contributed by atoms with Gasteiger partial charge in [0.2, 0.25) is 17.7 Å². The summed E-state index contributed by atoms with van der Waals surface area (Å²) in [6.45, 7) is 7.17. The van der Waals surface area contributed by atoms with Crippen molar-refractivity contribution in [2.45, 2.75) is 140 Å². The van der Waals surface area contributed by atoms with Gasteiger partial charge < -0.3 is 36.2 Å². The van der Waals surface area contributed by atoms with Gasteiger partial charge in [0.1, 0.15) is 29.4 Å². The molecule has 0 bridgehead atoms. The van der Waals surface area contributed by atoms with Crippen molar-refractivity contribution in [1.29, 1.82) is 0 Å². The van der Waals surface area contributed by atoms with Crippen LogP contribution in [0.15, 0.2) is 18.6 Å². The number of likely N-dealkylation sites (tertiary alicyclic amines) is 1. The van der Waals surface area contributed by atoms with E-state index in [0.29, 0.717) is 25.8 Å². The van der Waals surface area contributed by atoms with Crippen LogP contribution in [0.1, 0.15) is 115 Å². The molecule has 1 unspecified atom stereocenters. The molecule has 5 rings (SSSR count). The summed E-state index contributed by atoms with van der Waals surface area (Å²) in [6.07, 6.45) is 13.4. The van der Waals surface area contributed by atoms with E-state index in [1.165, 1.54) is 23.5 Å². The molecule has 1 saturated heterocycles. The second kappa shape index (κ2) is 18.4. The van der Waals surface area contributed by atoms with E-state index in [1.807, 2.05) is 6.92 Å². The lowest BCUT2D eigenvalue weighted by atomic mass is 9.83. The minimum atomic E-state index is -1.27. The summed E-state index contributed by atoms with van der Waals surface area (Å²) in [5.74, 6) is -2.15. The van der Waals surface area contributed by atoms with Crippen LogP contribution in [0.3, 0.4) is 0 Å². The van der Waals surface area contributed by atoms with Crippen LogP contribution >= 0.6 is 11.8 Å². The summed E-state index contributed by atoms with van der Waals surface area (Å²) in [5, 5.41) is 13.7. The van der Waals surface area contributed by atoms with Gasteiger partial charge >= 0.3 is 6.09 Å². The smallest absolute Gasteiger partial charge is 0.407 e. The number of hydrogen-bond acceptors (Lipinski definition) is 10. The molecule has 6 atom stereocenters. The number of carbonyl (C=O) groups is 6. The number of nitrogens with one attached hydrogen (secondary N) is 5. The maximum atomic E-state index is 14.6. The predicted molar refractivity (Wildman–Crippen MR) is 198 cm³/mol. The highest BCUT2D eigenvalue weighted by Crippen LogP contribution is 2.43. The standard InChI is InChI=1S/C37H56N8O7S/c1-5-10-28(53-36(51)41-24-15-16-24)43-33(48)30-25-14-9-13-23(25)21-45(30)34(49)27(20-40-35(50)52-37(2,3)4)42-32(47)29(22-11-7-6-8-12-22)44-31(46)26-19-38-17-18-39-26/h17-19,22-25,27-30H,5-16,20-21H2,1-4H3,(H,40,50)(H,41,51)(H,42,47)(H,43,48)(H,44,46)/t23-,25-,27-,28+,29-,30?/m0/s1. The van der Waals surface area contributed by atoms with Gasteiger partial charge in [0.05, 0.1) is 18.1 Å². The highest BCUT2D eigenvalue weighted by Gasteiger charge is 2.51. The number of thioether (sulfide) groups is 1. The fourth-order valence-corrected chi connectivity index (χ4v) is 8.77. The molecule has 2 heterocycles. The van der Waals surface area contributed by atoms with Crippen molar-refractivity contribution < 1.29 is 33.5 Å². The molecule has 15 nitrogen and oxygen atoms in total. The van der Waals surface area contributed by atoms with Crippen molar-refractivity contribution in [3.05, 3.63) is 24.3 Å². The molecule has 53 heavy (non-hydrogen) atoms. The van der Waals surface area contributed by atoms with Crippen LogP contribution in [0.5, 0.6) is 0 Å². The Hall–Kier alpha value is -3.95. The quantitative estimate of drug-likeness (QED) is 0.175. The summed E-state index contributed by atoms with van der Waals surface area (Å²) < 4.78 is 5.43. The third-order valence-corrected chi connectivity index (χ3v) is 11.4. The van der Waals surface area contributed by atoms with Gasteiger partial charge in [-0.05, 0) is 95.2 Å². The number of rotatable bonds is 14. The number of fused-ring (bicyclic) bond motifs is 1. The lowest BCUT2D eigenvalue weighted by molar-refractivity contribution is -0.142. The largest absolute Gasteiger partial charge is 0.444 e. The Labute approximate surface area is 316 Å². The minimum absolute atomic E-state index is 0.0577. The molecule has 3 aliphatic carbocycles. The Bertz CT molecular complexity index is 1470. The first-order valence-corrected chi connectivity index (χ1v) is 20.1. The highest BCUT2D eigenvalue weighted by molar-refractivity contribution is 8.14. The van der Waals surface area contributed by atoms with Crippen LogP contribution in [0.4, 0.5) is 9.59 Å². The molecular formula is C37H56N8O7S. The molecule has 16 heteroatoms. The molecule has 1 aromatic heterocycles. The fourth-order valence-electron chi connectivity index (χ4n) is 7.75. The molecule has 4 aliphatic rings. The predicted octanol–water partition coefficient (Wildman–Crippen LogP) is 3.64. The Morgan fingerprint density at radius 1 is 0.943 bits per heavy atom. The zero-order chi connectivity index (χ0) is 38.1. The van der Waals surface area contributed by atoms with Crippen LogP contribution in [-0.4, -0.2) is 98.1 Å². The summed E-state index contributed by atoms with van der Waals surface area (Å²) in [4.78, 5) is 91.4. The molecule has 4 fully saturated rings. The summed E-state index contributed by atoms with van der Waals surface area (Å²) in [7, 11) is 0. The zero-order valence-corrected chi connectivity index (χ0v) is 32.2. The third kappa shape index (κ3) is 11.5. The van der Waals surface area contributed by atoms with E-state index in [-0.39, 0.29) is 47.2 Å². The normalized spacial score (nSPS) is 23.2. The monoisotopic (exact) mass is 756 g/mol. The first kappa shape index (κ1) is 40.2. The average Bonchev–Trinajstić information content (AvgIpc) is 3.68. The molecule has 3 saturated carbocycles. The molecule has 5 N–H and O–H groups in total. The van der Waals surface area contributed by atoms with E-state index in [1.54, 1.807) is 20.8 Å². The molecular weight excluding hydrogens is 701 g/mol. The Kier molecular flexibility index (Phi) is 14.0. The summed E-state index contributed by atoms with van der Waals surface area (Å²) >= 11 is 1.06. The SMILES string of the molecule is CCC[C@H](NC(=O)C1[C@H]2CCC[C@H]2CN1C(=O)[C@H](CNC(=O)OC(C)(C)C)NC(=O)[C@@H](NC(=O)c1cnccn1)C1CCCCC1)SC(=O)NC1CC1. The topological polar surface area (TPSA) is 201 Å². The van der Waals surface area contributed by atoms with Crippen molar-refractivity contribution in [3.8, 4) is 0 Å². The van der Waals surface area contributed by atoms with E-state index < -0.39 is 52.9 Å². The number of hydrogen-bond donors (Lipinski definition) is 5. The van der Waals surface area contributed by atoms with Crippen LogP contribution in [0.2, 0.25) is 0 Å². The first-order chi connectivity index (χ1) is 25.3. The maximum absolute atomic E-state index is 14.6. The molecule has 1 aliphatic heterocycles. The van der Waals surface area contributed by atoms with Gasteiger partial charge in [-0.1, -0.05) is 39.0 Å². The second-order valence-corrected chi connectivity index (χ2v) is 17.0. The van der Waals surface area contributed by atoms with Gasteiger partial charge in [0.15, 0.2) is 0 Å². The molecule has 292 valence electrons. The van der Waals surface area contributed by atoms with Gasteiger partial charge in [0, 0.05) is 25.0 Å². The molecule has 0 radical (unpaired) electrons. The Morgan fingerprint density at radius 3 is 2.36 bits per heavy atom. The van der Waals surface area contributed by atoms with E-state index in [4.69, 9.17) is 4.74 Å². The summed E-state index contributed by atoms with van der Waals surface area (Å²) in [5.41, 5.74) is -0.746. The fraction of sp³-hybridized carbons (Fsp3) is 0.730. The molecule has 0 spiro atoms. The van der Waals surface area contributed by atoms with Crippen LogP contribution in [-0.2, 0) is 19.1 Å². The van der Waals surface area contributed by atoms with Crippen molar-refractivity contribution in [3.63, 3.8) is 0 Å². The third-order valence-electron chi connectivity index (χ3n) is 10.4. The number of carbonyl (C=O) groups excluding carboxylic acids is 6. The van der Waals surface area contributed by atoms with E-state index in [9.17, 15) is 28.8 Å². The first-order valence-electron chi connectivity index (χ1n) is 19.2. The maximum Gasteiger partial charge on any atom is 0.407 e.